The molecule has 0 bridgehead atoms. The Morgan fingerprint density at radius 3 is 2.22 bits per heavy atom. The molecule has 0 fully saturated rings. The van der Waals surface area contributed by atoms with E-state index in [4.69, 9.17) is 5.11 Å². The van der Waals surface area contributed by atoms with Gasteiger partial charge in [0.05, 0.1) is 6.10 Å². The van der Waals surface area contributed by atoms with Crippen molar-refractivity contribution in [3.63, 3.8) is 0 Å². The topological polar surface area (TPSA) is 57.5 Å². The molecule has 0 rings (SSSR count). The van der Waals surface area contributed by atoms with Gasteiger partial charge in [0, 0.05) is 6.42 Å². The first-order chi connectivity index (χ1) is 10.2. The zero-order chi connectivity index (χ0) is 15.8. The Bertz CT molecular complexity index is 273. The van der Waals surface area contributed by atoms with Crippen LogP contribution in [0, 0.1) is 0 Å². The van der Waals surface area contributed by atoms with Crippen LogP contribution in [0.2, 0.25) is 0 Å². The van der Waals surface area contributed by atoms with Crippen LogP contribution in [0.25, 0.3) is 0 Å². The van der Waals surface area contributed by atoms with Gasteiger partial charge in [0.1, 0.15) is 0 Å². The normalized spacial score (nSPS) is 11.7. The van der Waals surface area contributed by atoms with Gasteiger partial charge in [-0.1, -0.05) is 64.0 Å². The van der Waals surface area contributed by atoms with Crippen molar-refractivity contribution in [1.82, 2.24) is 0 Å². The van der Waals surface area contributed by atoms with Crippen molar-refractivity contribution in [2.45, 2.75) is 96.5 Å². The van der Waals surface area contributed by atoms with Crippen molar-refractivity contribution in [2.75, 3.05) is 0 Å². The Morgan fingerprint density at radius 1 is 0.957 bits per heavy atom. The molecule has 0 amide bonds. The molecule has 0 saturated carbocycles. The monoisotopic (exact) mass is 356 g/mol. The van der Waals surface area contributed by atoms with Crippen molar-refractivity contribution < 1.29 is 57.0 Å². The molecule has 0 aliphatic rings. The molecule has 0 aromatic rings. The van der Waals surface area contributed by atoms with E-state index < -0.39 is 5.97 Å². The number of aliphatic hydroxyl groups is 1. The smallest absolute Gasteiger partial charge is 1.00 e. The van der Waals surface area contributed by atoms with Crippen LogP contribution in [0.5, 0.6) is 0 Å². The third-order valence-electron chi connectivity index (χ3n) is 3.73. The van der Waals surface area contributed by atoms with Crippen LogP contribution in [0.3, 0.4) is 0 Å². The number of carbonyl (C=O) groups is 1. The first-order valence-corrected chi connectivity index (χ1v) is 8.71. The molecule has 0 aromatic heterocycles. The first kappa shape index (κ1) is 28.3. The van der Waals surface area contributed by atoms with Crippen molar-refractivity contribution >= 4 is 5.97 Å². The summed E-state index contributed by atoms with van der Waals surface area (Å²) in [5.74, 6) is -0.689. The number of aliphatic carboxylic acids is 1. The third-order valence-corrected chi connectivity index (χ3v) is 3.73. The minimum Gasteiger partial charge on any atom is -1.00 e. The first-order valence-electron chi connectivity index (χ1n) is 8.71. The van der Waals surface area contributed by atoms with Crippen molar-refractivity contribution in [1.29, 1.82) is 0 Å². The Labute approximate surface area is 171 Å². The fraction of sp³-hybridized carbons (Fsp3) is 0.833. The number of halogens is 1. The maximum Gasteiger partial charge on any atom is 1.00 e. The standard InChI is InChI=1S/C18H34O3.ClH.Na/c1-2-3-4-11-14-17(19)15-12-9-7-5-6-8-10-13-16-18(20)21;;/h9,12,17,19H,2-8,10-11,13-16H2,1H3,(H,20,21);1H;/q;;+1/p-1/b12-9-;;/t17-;;/m1../s1. The van der Waals surface area contributed by atoms with Gasteiger partial charge in [-0.3, -0.25) is 4.79 Å². The van der Waals surface area contributed by atoms with Gasteiger partial charge < -0.3 is 22.6 Å². The van der Waals surface area contributed by atoms with Crippen LogP contribution in [0.4, 0.5) is 0 Å². The number of unbranched alkanes of at least 4 members (excludes halogenated alkanes) is 8. The molecular weight excluding hydrogens is 323 g/mol. The number of carboxylic acid groups (broad SMARTS) is 1. The van der Waals surface area contributed by atoms with Crippen LogP contribution in [0.15, 0.2) is 12.2 Å². The predicted octanol–water partition coefficient (Wildman–Crippen LogP) is -0.913. The summed E-state index contributed by atoms with van der Waals surface area (Å²) in [6, 6.07) is 0. The number of allylic oxidation sites excluding steroid dienone is 1. The average Bonchev–Trinajstić information content (AvgIpc) is 2.45. The average molecular weight is 357 g/mol. The van der Waals surface area contributed by atoms with E-state index in [1.54, 1.807) is 0 Å². The molecule has 0 aliphatic heterocycles. The van der Waals surface area contributed by atoms with Gasteiger partial charge in [-0.15, -0.1) is 0 Å². The summed E-state index contributed by atoms with van der Waals surface area (Å²) in [7, 11) is 0. The van der Waals surface area contributed by atoms with E-state index in [-0.39, 0.29) is 48.1 Å². The molecule has 0 aliphatic carbocycles. The van der Waals surface area contributed by atoms with E-state index in [2.05, 4.69) is 19.1 Å². The number of hydrogen-bond acceptors (Lipinski definition) is 2. The molecule has 0 heterocycles. The van der Waals surface area contributed by atoms with Crippen molar-refractivity contribution in [2.24, 2.45) is 0 Å². The van der Waals surface area contributed by atoms with Crippen LogP contribution in [0.1, 0.15) is 90.4 Å². The largest absolute Gasteiger partial charge is 1.00 e. The van der Waals surface area contributed by atoms with Crippen molar-refractivity contribution in [3.05, 3.63) is 12.2 Å². The minimum atomic E-state index is -0.689. The molecule has 0 aromatic carbocycles. The summed E-state index contributed by atoms with van der Waals surface area (Å²) in [5, 5.41) is 18.3. The number of aliphatic hydroxyl groups excluding tert-OH is 1. The fourth-order valence-electron chi connectivity index (χ4n) is 2.36. The van der Waals surface area contributed by atoms with E-state index in [1.165, 1.54) is 25.7 Å². The van der Waals surface area contributed by atoms with E-state index in [9.17, 15) is 9.90 Å². The molecule has 132 valence electrons. The summed E-state index contributed by atoms with van der Waals surface area (Å²) in [4.78, 5) is 10.3. The number of rotatable bonds is 15. The quantitative estimate of drug-likeness (QED) is 0.227. The molecule has 1 atom stereocenters. The van der Waals surface area contributed by atoms with Gasteiger partial charge in [0.2, 0.25) is 0 Å². The Balaban J connectivity index is -0.00000200. The SMILES string of the molecule is CCCCCC[C@@H](O)C/C=C\CCCCCCCC(=O)O.[Cl-].[Na+]. The Kier molecular flexibility index (Phi) is 27.6. The summed E-state index contributed by atoms with van der Waals surface area (Å²) < 4.78 is 0. The summed E-state index contributed by atoms with van der Waals surface area (Å²) in [6.45, 7) is 2.20. The van der Waals surface area contributed by atoms with Crippen molar-refractivity contribution in [3.8, 4) is 0 Å². The summed E-state index contributed by atoms with van der Waals surface area (Å²) in [6.07, 6.45) is 17.4. The number of carboxylic acids is 1. The fourth-order valence-corrected chi connectivity index (χ4v) is 2.36. The van der Waals surface area contributed by atoms with E-state index in [0.717, 1.165) is 51.4 Å². The van der Waals surface area contributed by atoms with Gasteiger partial charge in [-0.25, -0.2) is 0 Å². The van der Waals surface area contributed by atoms with Crippen LogP contribution < -0.4 is 42.0 Å². The molecule has 0 spiro atoms. The second kappa shape index (κ2) is 22.5. The maximum atomic E-state index is 10.3. The molecular formula is C18H34ClNaO3. The van der Waals surface area contributed by atoms with E-state index in [0.29, 0.717) is 6.42 Å². The summed E-state index contributed by atoms with van der Waals surface area (Å²) >= 11 is 0. The third kappa shape index (κ3) is 24.8. The van der Waals surface area contributed by atoms with Crippen LogP contribution in [-0.4, -0.2) is 22.3 Å². The summed E-state index contributed by atoms with van der Waals surface area (Å²) in [5.41, 5.74) is 0. The molecule has 5 heteroatoms. The van der Waals surface area contributed by atoms with Gasteiger partial charge in [-0.05, 0) is 32.1 Å². The van der Waals surface area contributed by atoms with Gasteiger partial charge in [0.25, 0.3) is 0 Å². The Hall–Kier alpha value is 0.460. The zero-order valence-corrected chi connectivity index (χ0v) is 17.9. The van der Waals surface area contributed by atoms with Gasteiger partial charge in [0.15, 0.2) is 0 Å². The predicted molar refractivity (Wildman–Crippen MR) is 88.5 cm³/mol. The number of hydrogen-bond donors (Lipinski definition) is 2. The Morgan fingerprint density at radius 2 is 1.57 bits per heavy atom. The van der Waals surface area contributed by atoms with Crippen LogP contribution >= 0.6 is 0 Å². The van der Waals surface area contributed by atoms with Crippen LogP contribution in [-0.2, 0) is 4.79 Å². The van der Waals surface area contributed by atoms with Gasteiger partial charge >= 0.3 is 35.5 Å². The minimum absolute atomic E-state index is 0. The molecule has 2 N–H and O–H groups in total. The molecule has 0 unspecified atom stereocenters. The maximum absolute atomic E-state index is 10.3. The van der Waals surface area contributed by atoms with E-state index >= 15 is 0 Å². The van der Waals surface area contributed by atoms with Gasteiger partial charge in [-0.2, -0.15) is 0 Å². The van der Waals surface area contributed by atoms with E-state index in [1.807, 2.05) is 0 Å². The molecule has 3 nitrogen and oxygen atoms in total. The second-order valence-electron chi connectivity index (χ2n) is 5.91. The zero-order valence-electron chi connectivity index (χ0n) is 15.1. The second-order valence-corrected chi connectivity index (χ2v) is 5.91. The molecule has 0 radical (unpaired) electrons. The molecule has 23 heavy (non-hydrogen) atoms. The molecule has 0 saturated heterocycles.